The van der Waals surface area contributed by atoms with Gasteiger partial charge in [-0.05, 0) is 6.07 Å². The van der Waals surface area contributed by atoms with E-state index >= 15 is 0 Å². The summed E-state index contributed by atoms with van der Waals surface area (Å²) in [6, 6.07) is 3.57. The van der Waals surface area contributed by atoms with Gasteiger partial charge in [-0.3, -0.25) is 0 Å². The first-order valence-corrected chi connectivity index (χ1v) is 5.73. The van der Waals surface area contributed by atoms with Crippen LogP contribution in [-0.4, -0.2) is 40.7 Å². The van der Waals surface area contributed by atoms with Gasteiger partial charge in [-0.25, -0.2) is 4.98 Å². The summed E-state index contributed by atoms with van der Waals surface area (Å²) >= 11 is 3.11. The number of nitrogens with zero attached hydrogens (tertiary/aromatic N) is 2. The Balaban J connectivity index is 2.79. The normalized spacial score (nSPS) is 14.7. The number of aliphatic hydroxyl groups excluding tert-OH is 2. The van der Waals surface area contributed by atoms with Crippen LogP contribution in [0.3, 0.4) is 0 Å². The number of hydrogen-bond donors (Lipinski definition) is 2. The maximum absolute atomic E-state index is 9.68. The van der Waals surface area contributed by atoms with Crippen LogP contribution >= 0.6 is 15.9 Å². The lowest BCUT2D eigenvalue weighted by Gasteiger charge is -2.17. The highest BCUT2D eigenvalue weighted by atomic mass is 79.9. The molecule has 0 radical (unpaired) electrons. The van der Waals surface area contributed by atoms with E-state index < -0.39 is 12.2 Å². The monoisotopic (exact) mass is 274 g/mol. The van der Waals surface area contributed by atoms with Crippen molar-refractivity contribution in [3.8, 4) is 0 Å². The molecule has 15 heavy (non-hydrogen) atoms. The molecule has 0 aliphatic rings. The molecule has 0 aromatic carbocycles. The Hall–Kier alpha value is -0.650. The van der Waals surface area contributed by atoms with Crippen LogP contribution in [0.1, 0.15) is 11.7 Å². The van der Waals surface area contributed by atoms with Crippen LogP contribution in [0.4, 0.5) is 5.82 Å². The number of rotatable bonds is 4. The molecule has 5 heteroatoms. The number of alkyl halides is 1. The molecular formula is C10H15BrN2O2. The van der Waals surface area contributed by atoms with Gasteiger partial charge in [-0.1, -0.05) is 22.0 Å². The Morgan fingerprint density at radius 1 is 1.40 bits per heavy atom. The van der Waals surface area contributed by atoms with Crippen molar-refractivity contribution < 1.29 is 10.2 Å². The SMILES string of the molecule is CN(C)c1ccc(C(O)C(O)CBr)cn1. The van der Waals surface area contributed by atoms with E-state index in [1.807, 2.05) is 19.0 Å². The summed E-state index contributed by atoms with van der Waals surface area (Å²) < 4.78 is 0. The topological polar surface area (TPSA) is 56.6 Å². The van der Waals surface area contributed by atoms with Gasteiger partial charge in [0.15, 0.2) is 0 Å². The Morgan fingerprint density at radius 3 is 2.47 bits per heavy atom. The first-order chi connectivity index (χ1) is 7.06. The molecule has 0 fully saturated rings. The molecule has 0 saturated carbocycles. The van der Waals surface area contributed by atoms with Gasteiger partial charge in [0, 0.05) is 31.2 Å². The molecule has 1 rings (SSSR count). The number of anilines is 1. The molecule has 2 unspecified atom stereocenters. The maximum atomic E-state index is 9.68. The molecule has 0 aliphatic carbocycles. The minimum atomic E-state index is -0.895. The summed E-state index contributed by atoms with van der Waals surface area (Å²) in [5.74, 6) is 0.819. The average Bonchev–Trinajstić information content (AvgIpc) is 2.27. The summed E-state index contributed by atoms with van der Waals surface area (Å²) in [4.78, 5) is 6.03. The predicted molar refractivity (Wildman–Crippen MR) is 63.3 cm³/mol. The number of halogens is 1. The molecule has 4 nitrogen and oxygen atoms in total. The van der Waals surface area contributed by atoms with Gasteiger partial charge in [-0.15, -0.1) is 0 Å². The largest absolute Gasteiger partial charge is 0.389 e. The first-order valence-electron chi connectivity index (χ1n) is 4.61. The molecule has 2 atom stereocenters. The lowest BCUT2D eigenvalue weighted by atomic mass is 10.1. The van der Waals surface area contributed by atoms with Crippen LogP contribution in [0.5, 0.6) is 0 Å². The summed E-state index contributed by atoms with van der Waals surface area (Å²) in [7, 11) is 3.79. The smallest absolute Gasteiger partial charge is 0.127 e. The molecule has 0 amide bonds. The number of hydrogen-bond acceptors (Lipinski definition) is 4. The van der Waals surface area contributed by atoms with Gasteiger partial charge in [0.2, 0.25) is 0 Å². The highest BCUT2D eigenvalue weighted by molar-refractivity contribution is 9.09. The molecule has 1 aromatic heterocycles. The Kier molecular flexibility index (Phi) is 4.50. The van der Waals surface area contributed by atoms with Gasteiger partial charge in [-0.2, -0.15) is 0 Å². The van der Waals surface area contributed by atoms with Crippen molar-refractivity contribution in [2.45, 2.75) is 12.2 Å². The summed E-state index contributed by atoms with van der Waals surface area (Å²) in [6.45, 7) is 0. The third-order valence-corrected chi connectivity index (χ3v) is 2.76. The van der Waals surface area contributed by atoms with Crippen molar-refractivity contribution >= 4 is 21.7 Å². The second-order valence-corrected chi connectivity index (χ2v) is 4.16. The molecule has 0 spiro atoms. The number of aromatic nitrogens is 1. The van der Waals surface area contributed by atoms with E-state index in [-0.39, 0.29) is 0 Å². The molecular weight excluding hydrogens is 260 g/mol. The van der Waals surface area contributed by atoms with E-state index in [9.17, 15) is 10.2 Å². The standard InChI is InChI=1S/C10H15BrN2O2/c1-13(2)9-4-3-7(6-12-9)10(15)8(14)5-11/h3-4,6,8,10,14-15H,5H2,1-2H3. The Labute approximate surface area is 97.7 Å². The van der Waals surface area contributed by atoms with Crippen LogP contribution in [-0.2, 0) is 0 Å². The van der Waals surface area contributed by atoms with Crippen LogP contribution in [0.25, 0.3) is 0 Å². The quantitative estimate of drug-likeness (QED) is 0.803. The fourth-order valence-corrected chi connectivity index (χ4v) is 1.50. The van der Waals surface area contributed by atoms with Crippen LogP contribution in [0.2, 0.25) is 0 Å². The molecule has 2 N–H and O–H groups in total. The van der Waals surface area contributed by atoms with E-state index in [1.54, 1.807) is 18.3 Å². The zero-order chi connectivity index (χ0) is 11.4. The lowest BCUT2D eigenvalue weighted by Crippen LogP contribution is -2.20. The molecule has 84 valence electrons. The second kappa shape index (κ2) is 5.44. The molecule has 0 aliphatic heterocycles. The number of aliphatic hydroxyl groups is 2. The van der Waals surface area contributed by atoms with E-state index in [0.717, 1.165) is 5.82 Å². The van der Waals surface area contributed by atoms with Crippen molar-refractivity contribution in [2.24, 2.45) is 0 Å². The minimum absolute atomic E-state index is 0.337. The Bertz CT molecular complexity index is 303. The molecule has 0 bridgehead atoms. The predicted octanol–water partition coefficient (Wildman–Crippen LogP) is 0.937. The molecule has 1 heterocycles. The second-order valence-electron chi connectivity index (χ2n) is 3.51. The fourth-order valence-electron chi connectivity index (χ4n) is 1.14. The highest BCUT2D eigenvalue weighted by Crippen LogP contribution is 2.19. The summed E-state index contributed by atoms with van der Waals surface area (Å²) in [5.41, 5.74) is 0.618. The summed E-state index contributed by atoms with van der Waals surface area (Å²) in [6.07, 6.45) is -0.128. The van der Waals surface area contributed by atoms with Crippen molar-refractivity contribution in [1.82, 2.24) is 4.98 Å². The number of pyridine rings is 1. The van der Waals surface area contributed by atoms with Crippen molar-refractivity contribution in [3.63, 3.8) is 0 Å². The van der Waals surface area contributed by atoms with Crippen LogP contribution < -0.4 is 4.90 Å². The molecule has 1 aromatic rings. The Morgan fingerprint density at radius 2 is 2.07 bits per heavy atom. The van der Waals surface area contributed by atoms with E-state index in [1.165, 1.54) is 0 Å². The van der Waals surface area contributed by atoms with Gasteiger partial charge in [0.05, 0.1) is 6.10 Å². The van der Waals surface area contributed by atoms with E-state index in [4.69, 9.17) is 0 Å². The fraction of sp³-hybridized carbons (Fsp3) is 0.500. The van der Waals surface area contributed by atoms with Gasteiger partial charge < -0.3 is 15.1 Å². The minimum Gasteiger partial charge on any atom is -0.389 e. The van der Waals surface area contributed by atoms with Gasteiger partial charge in [0.1, 0.15) is 11.9 Å². The highest BCUT2D eigenvalue weighted by Gasteiger charge is 2.17. The van der Waals surface area contributed by atoms with Crippen molar-refractivity contribution in [1.29, 1.82) is 0 Å². The van der Waals surface area contributed by atoms with E-state index in [2.05, 4.69) is 20.9 Å². The third kappa shape index (κ3) is 3.15. The van der Waals surface area contributed by atoms with Gasteiger partial charge in [0.25, 0.3) is 0 Å². The zero-order valence-corrected chi connectivity index (χ0v) is 10.3. The zero-order valence-electron chi connectivity index (χ0n) is 8.76. The third-order valence-electron chi connectivity index (χ3n) is 2.09. The average molecular weight is 275 g/mol. The van der Waals surface area contributed by atoms with Crippen molar-refractivity contribution in [3.05, 3.63) is 23.9 Å². The van der Waals surface area contributed by atoms with Crippen LogP contribution in [0, 0.1) is 0 Å². The van der Waals surface area contributed by atoms with Crippen molar-refractivity contribution in [2.75, 3.05) is 24.3 Å². The first kappa shape index (κ1) is 12.4. The molecule has 0 saturated heterocycles. The van der Waals surface area contributed by atoms with Crippen LogP contribution in [0.15, 0.2) is 18.3 Å². The summed E-state index contributed by atoms with van der Waals surface area (Å²) in [5, 5.41) is 19.4. The maximum Gasteiger partial charge on any atom is 0.127 e. The lowest BCUT2D eigenvalue weighted by molar-refractivity contribution is 0.0341. The van der Waals surface area contributed by atoms with Gasteiger partial charge >= 0.3 is 0 Å². The van der Waals surface area contributed by atoms with E-state index in [0.29, 0.717) is 10.9 Å².